The van der Waals surface area contributed by atoms with Gasteiger partial charge < -0.3 is 26.0 Å². The van der Waals surface area contributed by atoms with Crippen LogP contribution in [0.1, 0.15) is 55.5 Å². The van der Waals surface area contributed by atoms with Crippen molar-refractivity contribution in [2.75, 3.05) is 12.3 Å². The number of fused-ring (bicyclic) bond motifs is 4. The lowest BCUT2D eigenvalue weighted by Gasteiger charge is -2.55. The maximum absolute atomic E-state index is 13.4. The minimum absolute atomic E-state index is 0.119. The summed E-state index contributed by atoms with van der Waals surface area (Å²) in [7, 11) is 0. The fraction of sp³-hybridized carbons (Fsp3) is 0.714. The number of aryl methyl sites for hydroxylation is 2. The molecule has 30 heavy (non-hydrogen) atoms. The molecular formula is C21H30N6O3. The number of urea groups is 1. The van der Waals surface area contributed by atoms with Crippen molar-refractivity contribution < 1.29 is 14.3 Å². The van der Waals surface area contributed by atoms with E-state index in [1.54, 1.807) is 0 Å². The second-order valence-corrected chi connectivity index (χ2v) is 9.30. The van der Waals surface area contributed by atoms with Crippen LogP contribution in [0, 0.1) is 19.8 Å². The number of anilines is 1. The van der Waals surface area contributed by atoms with E-state index in [1.807, 2.05) is 13.8 Å². The zero-order chi connectivity index (χ0) is 21.0. The summed E-state index contributed by atoms with van der Waals surface area (Å²) in [4.78, 5) is 36.3. The summed E-state index contributed by atoms with van der Waals surface area (Å²) in [6.45, 7) is 4.44. The molecule has 162 valence electrons. The molecule has 4 N–H and O–H groups in total. The third-order valence-corrected chi connectivity index (χ3v) is 7.54. The number of nitrogens with one attached hydrogen (secondary N) is 2. The van der Waals surface area contributed by atoms with Crippen LogP contribution in [-0.4, -0.2) is 57.3 Å². The zero-order valence-corrected chi connectivity index (χ0v) is 17.6. The summed E-state index contributed by atoms with van der Waals surface area (Å²) in [6.07, 6.45) is 5.67. The van der Waals surface area contributed by atoms with Crippen LogP contribution in [0.25, 0.3) is 0 Å². The molecule has 3 amide bonds. The van der Waals surface area contributed by atoms with Gasteiger partial charge in [0.15, 0.2) is 0 Å². The van der Waals surface area contributed by atoms with Crippen molar-refractivity contribution in [3.8, 4) is 0 Å². The summed E-state index contributed by atoms with van der Waals surface area (Å²) in [5.74, 6) is 0.611. The summed E-state index contributed by atoms with van der Waals surface area (Å²) in [5, 5.41) is 6.21. The molecule has 9 heteroatoms. The molecule has 0 saturated carbocycles. The Morgan fingerprint density at radius 1 is 1.20 bits per heavy atom. The Morgan fingerprint density at radius 2 is 1.87 bits per heavy atom. The monoisotopic (exact) mass is 414 g/mol. The molecule has 1 spiro atoms. The highest BCUT2D eigenvalue weighted by Crippen LogP contribution is 2.48. The maximum Gasteiger partial charge on any atom is 0.317 e. The average molecular weight is 415 g/mol. The number of amides is 3. The molecule has 4 fully saturated rings. The van der Waals surface area contributed by atoms with Gasteiger partial charge in [0, 0.05) is 41.6 Å². The van der Waals surface area contributed by atoms with Gasteiger partial charge in [0.05, 0.1) is 12.0 Å². The van der Waals surface area contributed by atoms with Gasteiger partial charge in [-0.05, 0) is 52.4 Å². The first-order valence-electron chi connectivity index (χ1n) is 11.0. The van der Waals surface area contributed by atoms with Gasteiger partial charge in [-0.2, -0.15) is 0 Å². The van der Waals surface area contributed by atoms with Crippen LogP contribution < -0.4 is 16.4 Å². The van der Waals surface area contributed by atoms with Gasteiger partial charge >= 0.3 is 6.03 Å². The van der Waals surface area contributed by atoms with E-state index in [9.17, 15) is 9.59 Å². The number of rotatable bonds is 2. The number of nitrogen functional groups attached to an aromatic ring is 1. The second-order valence-electron chi connectivity index (χ2n) is 9.30. The van der Waals surface area contributed by atoms with Gasteiger partial charge in [0.1, 0.15) is 6.23 Å². The molecule has 5 rings (SSSR count). The number of nitrogens with zero attached hydrogens (tertiary/aromatic N) is 3. The topological polar surface area (TPSA) is 122 Å². The Labute approximate surface area is 176 Å². The van der Waals surface area contributed by atoms with Crippen LogP contribution in [0.2, 0.25) is 0 Å². The fourth-order valence-corrected chi connectivity index (χ4v) is 6.34. The molecule has 0 aromatic carbocycles. The molecule has 4 aliphatic rings. The van der Waals surface area contributed by atoms with Gasteiger partial charge in [0.2, 0.25) is 11.9 Å². The number of hydrogen-bond acceptors (Lipinski definition) is 6. The lowest BCUT2D eigenvalue weighted by Crippen LogP contribution is -2.73. The first-order chi connectivity index (χ1) is 14.4. The van der Waals surface area contributed by atoms with E-state index in [1.165, 1.54) is 0 Å². The van der Waals surface area contributed by atoms with Gasteiger partial charge in [-0.1, -0.05) is 0 Å². The van der Waals surface area contributed by atoms with Crippen LogP contribution in [-0.2, 0) is 16.0 Å². The zero-order valence-electron chi connectivity index (χ0n) is 17.6. The van der Waals surface area contributed by atoms with E-state index >= 15 is 0 Å². The van der Waals surface area contributed by atoms with Crippen LogP contribution in [0.5, 0.6) is 0 Å². The Balaban J connectivity index is 1.37. The Morgan fingerprint density at radius 3 is 2.53 bits per heavy atom. The van der Waals surface area contributed by atoms with Gasteiger partial charge in [-0.15, -0.1) is 0 Å². The molecule has 4 atom stereocenters. The third-order valence-electron chi connectivity index (χ3n) is 7.54. The largest absolute Gasteiger partial charge is 0.368 e. The predicted octanol–water partition coefficient (Wildman–Crippen LogP) is 1.18. The second kappa shape index (κ2) is 7.08. The first-order valence-corrected chi connectivity index (χ1v) is 11.0. The number of ether oxygens (including phenoxy) is 1. The average Bonchev–Trinajstić information content (AvgIpc) is 2.96. The van der Waals surface area contributed by atoms with E-state index < -0.39 is 0 Å². The molecule has 2 bridgehead atoms. The number of nitrogens with two attached hydrogens (primary N) is 1. The molecule has 2 unspecified atom stereocenters. The number of aromatic nitrogens is 2. The van der Waals surface area contributed by atoms with Gasteiger partial charge in [0.25, 0.3) is 0 Å². The Kier molecular flexibility index (Phi) is 4.61. The van der Waals surface area contributed by atoms with Crippen LogP contribution in [0.3, 0.4) is 0 Å². The van der Waals surface area contributed by atoms with Crippen molar-refractivity contribution in [2.24, 2.45) is 5.92 Å². The smallest absolute Gasteiger partial charge is 0.317 e. The molecule has 0 radical (unpaired) electrons. The van der Waals surface area contributed by atoms with Crippen molar-refractivity contribution in [1.29, 1.82) is 0 Å². The number of piperidine rings is 1. The SMILES string of the molecule is Cc1nc(N)nc(C)c1CC(=O)N1C2CCC1CC1(C2)NC(=O)N[C@H]2OCCC[C@H]21. The summed E-state index contributed by atoms with van der Waals surface area (Å²) >= 11 is 0. The highest BCUT2D eigenvalue weighted by atomic mass is 16.5. The summed E-state index contributed by atoms with van der Waals surface area (Å²) in [5.41, 5.74) is 7.84. The number of hydrogen-bond donors (Lipinski definition) is 3. The highest BCUT2D eigenvalue weighted by Gasteiger charge is 2.57. The maximum atomic E-state index is 13.4. The third kappa shape index (κ3) is 3.10. The van der Waals surface area contributed by atoms with Crippen LogP contribution >= 0.6 is 0 Å². The Bertz CT molecular complexity index is 852. The minimum Gasteiger partial charge on any atom is -0.368 e. The molecule has 9 nitrogen and oxygen atoms in total. The van der Waals surface area contributed by atoms with E-state index in [-0.39, 0.29) is 47.7 Å². The molecule has 1 aromatic rings. The van der Waals surface area contributed by atoms with Gasteiger partial charge in [-0.3, -0.25) is 4.79 Å². The number of carbonyl (C=O) groups excluding carboxylic acids is 2. The van der Waals surface area contributed by atoms with Gasteiger partial charge in [-0.25, -0.2) is 14.8 Å². The molecule has 0 aliphatic carbocycles. The van der Waals surface area contributed by atoms with E-state index in [4.69, 9.17) is 10.5 Å². The van der Waals surface area contributed by atoms with Crippen LogP contribution in [0.15, 0.2) is 0 Å². The van der Waals surface area contributed by atoms with Crippen molar-refractivity contribution in [1.82, 2.24) is 25.5 Å². The quantitative estimate of drug-likeness (QED) is 0.668. The van der Waals surface area contributed by atoms with Crippen molar-refractivity contribution >= 4 is 17.9 Å². The lowest BCUT2D eigenvalue weighted by molar-refractivity contribution is -0.140. The number of carbonyl (C=O) groups is 2. The van der Waals surface area contributed by atoms with Crippen LogP contribution in [0.4, 0.5) is 10.7 Å². The first kappa shape index (κ1) is 19.5. The van der Waals surface area contributed by atoms with E-state index in [0.717, 1.165) is 55.5 Å². The molecule has 5 heterocycles. The standard InChI is InChI=1S/C21H30N6O3/c1-11-15(12(2)24-19(22)23-11)8-17(28)27-13-5-6-14(27)10-21(9-13)16-4-3-7-30-18(16)25-20(29)26-21/h13-14,16,18H,3-10H2,1-2H3,(H2,22,23,24)(H2,25,26,29)/t13?,14?,16-,18+,21?/m1/s1. The minimum atomic E-state index is -0.286. The molecular weight excluding hydrogens is 384 g/mol. The Hall–Kier alpha value is -2.42. The lowest BCUT2D eigenvalue weighted by atomic mass is 9.69. The molecule has 4 saturated heterocycles. The predicted molar refractivity (Wildman–Crippen MR) is 109 cm³/mol. The van der Waals surface area contributed by atoms with Crippen molar-refractivity contribution in [3.63, 3.8) is 0 Å². The summed E-state index contributed by atoms with van der Waals surface area (Å²) in [6, 6.07) is 0.141. The van der Waals surface area contributed by atoms with E-state index in [2.05, 4.69) is 25.5 Å². The van der Waals surface area contributed by atoms with E-state index in [0.29, 0.717) is 13.0 Å². The van der Waals surface area contributed by atoms with Crippen molar-refractivity contribution in [2.45, 2.75) is 82.6 Å². The summed E-state index contributed by atoms with van der Waals surface area (Å²) < 4.78 is 5.88. The highest BCUT2D eigenvalue weighted by molar-refractivity contribution is 5.81. The fourth-order valence-electron chi connectivity index (χ4n) is 6.34. The van der Waals surface area contributed by atoms with Crippen molar-refractivity contribution in [3.05, 3.63) is 17.0 Å². The molecule has 1 aromatic heterocycles. The normalized spacial score (nSPS) is 35.0. The molecule has 4 aliphatic heterocycles.